The first-order valence-electron chi connectivity index (χ1n) is 4.61. The summed E-state index contributed by atoms with van der Waals surface area (Å²) in [6, 6.07) is -0.713. The molecule has 5 nitrogen and oxygen atoms in total. The highest BCUT2D eigenvalue weighted by atomic mass is 16.4. The molecule has 5 heteroatoms. The van der Waals surface area contributed by atoms with Crippen molar-refractivity contribution in [2.24, 2.45) is 5.73 Å². The number of hydrogen-bond acceptors (Lipinski definition) is 4. The lowest BCUT2D eigenvalue weighted by atomic mass is 10.2. The maximum atomic E-state index is 10.4. The summed E-state index contributed by atoms with van der Waals surface area (Å²) >= 11 is 0. The number of carboxylic acid groups (broad SMARTS) is 1. The minimum Gasteiger partial charge on any atom is -0.480 e. The second-order valence-corrected chi connectivity index (χ2v) is 3.33. The Balaban J connectivity index is 2.13. The Kier molecular flexibility index (Phi) is 4.14. The van der Waals surface area contributed by atoms with Gasteiger partial charge in [0.2, 0.25) is 0 Å². The van der Waals surface area contributed by atoms with E-state index in [2.05, 4.69) is 10.2 Å². The molecule has 0 aromatic heterocycles. The van der Waals surface area contributed by atoms with Crippen molar-refractivity contribution in [1.82, 2.24) is 10.2 Å². The first kappa shape index (κ1) is 10.4. The third-order valence-electron chi connectivity index (χ3n) is 2.28. The number of hydrogen-bond donors (Lipinski definition) is 3. The molecule has 0 aliphatic carbocycles. The molecule has 1 aliphatic heterocycles. The standard InChI is InChI=1S/C8H17N3O2/c9-7(8(12)13)1-4-11-5-2-10-3-6-11/h7,10H,1-6,9H2,(H,12,13)/t7-/m1/s1. The first-order chi connectivity index (χ1) is 6.20. The van der Waals surface area contributed by atoms with Gasteiger partial charge in [-0.1, -0.05) is 0 Å². The van der Waals surface area contributed by atoms with E-state index in [-0.39, 0.29) is 0 Å². The minimum atomic E-state index is -0.907. The summed E-state index contributed by atoms with van der Waals surface area (Å²) in [5.41, 5.74) is 5.39. The molecule has 0 unspecified atom stereocenters. The van der Waals surface area contributed by atoms with E-state index < -0.39 is 12.0 Å². The predicted molar refractivity (Wildman–Crippen MR) is 49.5 cm³/mol. The van der Waals surface area contributed by atoms with Crippen LogP contribution in [-0.4, -0.2) is 54.7 Å². The number of nitrogens with two attached hydrogens (primary N) is 1. The fraction of sp³-hybridized carbons (Fsp3) is 0.875. The summed E-state index contributed by atoms with van der Waals surface area (Å²) in [5.74, 6) is -0.907. The maximum absolute atomic E-state index is 10.4. The number of nitrogens with zero attached hydrogens (tertiary/aromatic N) is 1. The van der Waals surface area contributed by atoms with Gasteiger partial charge in [0.1, 0.15) is 6.04 Å². The zero-order chi connectivity index (χ0) is 9.68. The molecule has 0 saturated carbocycles. The number of carbonyl (C=O) groups is 1. The van der Waals surface area contributed by atoms with E-state index in [0.29, 0.717) is 6.42 Å². The van der Waals surface area contributed by atoms with Crippen molar-refractivity contribution in [2.45, 2.75) is 12.5 Å². The zero-order valence-corrected chi connectivity index (χ0v) is 7.70. The second-order valence-electron chi connectivity index (χ2n) is 3.33. The van der Waals surface area contributed by atoms with Gasteiger partial charge in [0.25, 0.3) is 0 Å². The lowest BCUT2D eigenvalue weighted by Crippen LogP contribution is -2.45. The van der Waals surface area contributed by atoms with Crippen molar-refractivity contribution in [3.05, 3.63) is 0 Å². The van der Waals surface area contributed by atoms with E-state index in [0.717, 1.165) is 32.7 Å². The Morgan fingerprint density at radius 3 is 2.69 bits per heavy atom. The molecule has 1 atom stereocenters. The van der Waals surface area contributed by atoms with Gasteiger partial charge >= 0.3 is 5.97 Å². The topological polar surface area (TPSA) is 78.6 Å². The van der Waals surface area contributed by atoms with Crippen molar-refractivity contribution in [2.75, 3.05) is 32.7 Å². The maximum Gasteiger partial charge on any atom is 0.320 e. The van der Waals surface area contributed by atoms with Crippen LogP contribution in [0.1, 0.15) is 6.42 Å². The van der Waals surface area contributed by atoms with Crippen LogP contribution in [0.25, 0.3) is 0 Å². The molecule has 1 saturated heterocycles. The van der Waals surface area contributed by atoms with Gasteiger partial charge in [-0.3, -0.25) is 4.79 Å². The van der Waals surface area contributed by atoms with Crippen molar-refractivity contribution in [1.29, 1.82) is 0 Å². The first-order valence-corrected chi connectivity index (χ1v) is 4.61. The Hall–Kier alpha value is -0.650. The fourth-order valence-corrected chi connectivity index (χ4v) is 1.38. The van der Waals surface area contributed by atoms with Crippen LogP contribution in [0.15, 0.2) is 0 Å². The molecule has 0 bridgehead atoms. The lowest BCUT2D eigenvalue weighted by molar-refractivity contribution is -0.138. The molecule has 1 aliphatic rings. The molecule has 1 heterocycles. The summed E-state index contributed by atoms with van der Waals surface area (Å²) in [6.45, 7) is 4.75. The van der Waals surface area contributed by atoms with Crippen molar-refractivity contribution < 1.29 is 9.90 Å². The number of aliphatic carboxylic acids is 1. The van der Waals surface area contributed by atoms with Crippen LogP contribution < -0.4 is 11.1 Å². The van der Waals surface area contributed by atoms with Crippen LogP contribution in [0.5, 0.6) is 0 Å². The van der Waals surface area contributed by atoms with E-state index in [4.69, 9.17) is 10.8 Å². The Morgan fingerprint density at radius 2 is 2.15 bits per heavy atom. The predicted octanol–water partition coefficient (Wildman–Crippen LogP) is -1.31. The van der Waals surface area contributed by atoms with E-state index >= 15 is 0 Å². The second kappa shape index (κ2) is 5.16. The average Bonchev–Trinajstić information content (AvgIpc) is 2.15. The van der Waals surface area contributed by atoms with Gasteiger partial charge in [0, 0.05) is 32.7 Å². The van der Waals surface area contributed by atoms with Crippen LogP contribution in [0.3, 0.4) is 0 Å². The SMILES string of the molecule is N[C@H](CCN1CCNCC1)C(=O)O. The van der Waals surface area contributed by atoms with E-state index in [9.17, 15) is 4.79 Å². The quantitative estimate of drug-likeness (QED) is 0.509. The summed E-state index contributed by atoms with van der Waals surface area (Å²) in [4.78, 5) is 12.7. The largest absolute Gasteiger partial charge is 0.480 e. The number of piperazine rings is 1. The lowest BCUT2D eigenvalue weighted by Gasteiger charge is -2.27. The van der Waals surface area contributed by atoms with Crippen LogP contribution in [0, 0.1) is 0 Å². The fourth-order valence-electron chi connectivity index (χ4n) is 1.38. The molecule has 0 aromatic carbocycles. The molecule has 76 valence electrons. The third kappa shape index (κ3) is 3.71. The third-order valence-corrected chi connectivity index (χ3v) is 2.28. The Bertz CT molecular complexity index is 169. The molecule has 0 spiro atoms. The van der Waals surface area contributed by atoms with E-state index in [1.54, 1.807) is 0 Å². The Labute approximate surface area is 77.9 Å². The van der Waals surface area contributed by atoms with Gasteiger partial charge in [-0.05, 0) is 6.42 Å². The zero-order valence-electron chi connectivity index (χ0n) is 7.70. The summed E-state index contributed by atoms with van der Waals surface area (Å²) < 4.78 is 0. The summed E-state index contributed by atoms with van der Waals surface area (Å²) in [7, 11) is 0. The van der Waals surface area contributed by atoms with Crippen LogP contribution >= 0.6 is 0 Å². The molecule has 1 rings (SSSR count). The highest BCUT2D eigenvalue weighted by molar-refractivity contribution is 5.72. The molecule has 4 N–H and O–H groups in total. The number of rotatable bonds is 4. The summed E-state index contributed by atoms with van der Waals surface area (Å²) in [6.07, 6.45) is 0.537. The van der Waals surface area contributed by atoms with Crippen molar-refractivity contribution >= 4 is 5.97 Å². The molecule has 0 aromatic rings. The molecule has 0 radical (unpaired) electrons. The highest BCUT2D eigenvalue weighted by Gasteiger charge is 2.14. The summed E-state index contributed by atoms with van der Waals surface area (Å²) in [5, 5.41) is 11.8. The van der Waals surface area contributed by atoms with E-state index in [1.165, 1.54) is 0 Å². The number of nitrogens with one attached hydrogen (secondary N) is 1. The minimum absolute atomic E-state index is 0.537. The van der Waals surface area contributed by atoms with Gasteiger partial charge in [-0.15, -0.1) is 0 Å². The van der Waals surface area contributed by atoms with Crippen molar-refractivity contribution in [3.63, 3.8) is 0 Å². The molecule has 0 amide bonds. The smallest absolute Gasteiger partial charge is 0.320 e. The van der Waals surface area contributed by atoms with Gasteiger partial charge < -0.3 is 21.1 Å². The van der Waals surface area contributed by atoms with Crippen LogP contribution in [0.4, 0.5) is 0 Å². The van der Waals surface area contributed by atoms with Gasteiger partial charge in [-0.25, -0.2) is 0 Å². The monoisotopic (exact) mass is 187 g/mol. The van der Waals surface area contributed by atoms with Gasteiger partial charge in [-0.2, -0.15) is 0 Å². The van der Waals surface area contributed by atoms with Gasteiger partial charge in [0.15, 0.2) is 0 Å². The average molecular weight is 187 g/mol. The molecule has 1 fully saturated rings. The molecular formula is C8H17N3O2. The highest BCUT2D eigenvalue weighted by Crippen LogP contribution is 1.96. The van der Waals surface area contributed by atoms with Gasteiger partial charge in [0.05, 0.1) is 0 Å². The normalized spacial score (nSPS) is 21.3. The number of carboxylic acids is 1. The van der Waals surface area contributed by atoms with E-state index in [1.807, 2.05) is 0 Å². The van der Waals surface area contributed by atoms with Crippen LogP contribution in [-0.2, 0) is 4.79 Å². The van der Waals surface area contributed by atoms with Crippen LogP contribution in [0.2, 0.25) is 0 Å². The Morgan fingerprint density at radius 1 is 1.54 bits per heavy atom. The van der Waals surface area contributed by atoms with Crippen molar-refractivity contribution in [3.8, 4) is 0 Å². The molecule has 13 heavy (non-hydrogen) atoms. The molecular weight excluding hydrogens is 170 g/mol.